The second-order valence-electron chi connectivity index (χ2n) is 4.42. The number of benzene rings is 1. The van der Waals surface area contributed by atoms with Crippen molar-refractivity contribution in [2.45, 2.75) is 32.5 Å². The van der Waals surface area contributed by atoms with Crippen molar-refractivity contribution in [3.8, 4) is 5.75 Å². The molecule has 0 heterocycles. The molecule has 2 nitrogen and oxygen atoms in total. The lowest BCUT2D eigenvalue weighted by molar-refractivity contribution is 0.188. The number of alkyl halides is 1. The molecule has 1 rings (SSSR count). The molecule has 0 saturated carbocycles. The predicted octanol–water partition coefficient (Wildman–Crippen LogP) is 2.88. The summed E-state index contributed by atoms with van der Waals surface area (Å²) in [5, 5.41) is 2.85. The van der Waals surface area contributed by atoms with Crippen LogP contribution in [0.4, 0.5) is 4.39 Å². The molecule has 0 aliphatic heterocycles. The molecular formula is C13H20FNO. The van der Waals surface area contributed by atoms with E-state index in [1.807, 2.05) is 26.0 Å². The highest BCUT2D eigenvalue weighted by atomic mass is 19.1. The van der Waals surface area contributed by atoms with E-state index in [4.69, 9.17) is 4.74 Å². The second kappa shape index (κ2) is 5.30. The third kappa shape index (κ3) is 3.49. The van der Waals surface area contributed by atoms with Crippen LogP contribution < -0.4 is 10.1 Å². The van der Waals surface area contributed by atoms with Crippen molar-refractivity contribution in [2.24, 2.45) is 0 Å². The van der Waals surface area contributed by atoms with Gasteiger partial charge in [-0.25, -0.2) is 4.39 Å². The van der Waals surface area contributed by atoms with E-state index in [0.717, 1.165) is 0 Å². The summed E-state index contributed by atoms with van der Waals surface area (Å²) in [6.07, 6.45) is 0.102. The number of hydrogen-bond donors (Lipinski definition) is 1. The minimum atomic E-state index is -1.37. The Morgan fingerprint density at radius 2 is 2.12 bits per heavy atom. The molecule has 0 aromatic heterocycles. The summed E-state index contributed by atoms with van der Waals surface area (Å²) in [6, 6.07) is 7.21. The molecule has 0 spiro atoms. The van der Waals surface area contributed by atoms with Crippen molar-refractivity contribution in [3.05, 3.63) is 29.8 Å². The summed E-state index contributed by atoms with van der Waals surface area (Å²) in [4.78, 5) is 0. The SMILES string of the molecule is CNCC(C)(F)c1cccc(OC(C)C)c1. The molecule has 0 aliphatic carbocycles. The minimum absolute atomic E-state index is 0.102. The minimum Gasteiger partial charge on any atom is -0.491 e. The van der Waals surface area contributed by atoms with Gasteiger partial charge >= 0.3 is 0 Å². The van der Waals surface area contributed by atoms with Gasteiger partial charge in [0.2, 0.25) is 0 Å². The molecule has 0 aliphatic rings. The smallest absolute Gasteiger partial charge is 0.145 e. The lowest BCUT2D eigenvalue weighted by Gasteiger charge is -2.21. The first-order valence-corrected chi connectivity index (χ1v) is 5.56. The molecule has 0 fully saturated rings. The van der Waals surface area contributed by atoms with Gasteiger partial charge in [0, 0.05) is 6.54 Å². The third-order valence-corrected chi connectivity index (χ3v) is 2.32. The van der Waals surface area contributed by atoms with Gasteiger partial charge in [-0.3, -0.25) is 0 Å². The summed E-state index contributed by atoms with van der Waals surface area (Å²) < 4.78 is 19.8. The number of ether oxygens (including phenoxy) is 1. The standard InChI is InChI=1S/C13H20FNO/c1-10(2)16-12-7-5-6-11(8-12)13(3,14)9-15-4/h5-8,10,15H,9H2,1-4H3. The van der Waals surface area contributed by atoms with Crippen molar-refractivity contribution in [1.82, 2.24) is 5.32 Å². The first-order chi connectivity index (χ1) is 7.45. The highest BCUT2D eigenvalue weighted by molar-refractivity contribution is 5.32. The van der Waals surface area contributed by atoms with Gasteiger partial charge in [0.25, 0.3) is 0 Å². The molecule has 0 amide bonds. The molecule has 1 atom stereocenters. The Balaban J connectivity index is 2.89. The lowest BCUT2D eigenvalue weighted by Crippen LogP contribution is -2.29. The van der Waals surface area contributed by atoms with Crippen molar-refractivity contribution in [3.63, 3.8) is 0 Å². The lowest BCUT2D eigenvalue weighted by atomic mass is 9.98. The van der Waals surface area contributed by atoms with Crippen LogP contribution in [0.3, 0.4) is 0 Å². The number of nitrogens with one attached hydrogen (secondary N) is 1. The van der Waals surface area contributed by atoms with Gasteiger partial charge in [-0.2, -0.15) is 0 Å². The monoisotopic (exact) mass is 225 g/mol. The first-order valence-electron chi connectivity index (χ1n) is 5.56. The Bertz CT molecular complexity index is 336. The Kier molecular flexibility index (Phi) is 4.30. The van der Waals surface area contributed by atoms with Crippen LogP contribution >= 0.6 is 0 Å². The number of hydrogen-bond acceptors (Lipinski definition) is 2. The number of halogens is 1. The summed E-state index contributed by atoms with van der Waals surface area (Å²) in [7, 11) is 1.74. The largest absolute Gasteiger partial charge is 0.491 e. The molecule has 1 unspecified atom stereocenters. The molecule has 0 radical (unpaired) electrons. The maximum Gasteiger partial charge on any atom is 0.145 e. The molecule has 0 bridgehead atoms. The molecule has 90 valence electrons. The van der Waals surface area contributed by atoms with Crippen LogP contribution in [0.25, 0.3) is 0 Å². The van der Waals surface area contributed by atoms with E-state index < -0.39 is 5.67 Å². The zero-order chi connectivity index (χ0) is 12.2. The predicted molar refractivity (Wildman–Crippen MR) is 64.6 cm³/mol. The zero-order valence-electron chi connectivity index (χ0n) is 10.4. The molecule has 1 aromatic carbocycles. The van der Waals surface area contributed by atoms with Crippen LogP contribution in [-0.4, -0.2) is 19.7 Å². The van der Waals surface area contributed by atoms with Crippen molar-refractivity contribution in [1.29, 1.82) is 0 Å². The van der Waals surface area contributed by atoms with Crippen molar-refractivity contribution >= 4 is 0 Å². The van der Waals surface area contributed by atoms with E-state index in [0.29, 0.717) is 11.3 Å². The van der Waals surface area contributed by atoms with Gasteiger partial charge in [0.1, 0.15) is 11.4 Å². The number of rotatable bonds is 5. The summed E-state index contributed by atoms with van der Waals surface area (Å²) in [5.41, 5.74) is -0.731. The van der Waals surface area contributed by atoms with Crippen LogP contribution in [0.2, 0.25) is 0 Å². The highest BCUT2D eigenvalue weighted by Crippen LogP contribution is 2.27. The second-order valence-corrected chi connectivity index (χ2v) is 4.42. The van der Waals surface area contributed by atoms with Crippen LogP contribution in [0.1, 0.15) is 26.3 Å². The fourth-order valence-electron chi connectivity index (χ4n) is 1.60. The highest BCUT2D eigenvalue weighted by Gasteiger charge is 2.25. The van der Waals surface area contributed by atoms with E-state index >= 15 is 0 Å². The van der Waals surface area contributed by atoms with E-state index in [1.165, 1.54) is 0 Å². The fraction of sp³-hybridized carbons (Fsp3) is 0.538. The quantitative estimate of drug-likeness (QED) is 0.832. The van der Waals surface area contributed by atoms with E-state index in [2.05, 4.69) is 5.32 Å². The molecule has 1 N–H and O–H groups in total. The molecular weight excluding hydrogens is 205 g/mol. The van der Waals surface area contributed by atoms with E-state index in [9.17, 15) is 4.39 Å². The van der Waals surface area contributed by atoms with Crippen LogP contribution in [0.15, 0.2) is 24.3 Å². The topological polar surface area (TPSA) is 21.3 Å². The van der Waals surface area contributed by atoms with E-state index in [1.54, 1.807) is 26.1 Å². The van der Waals surface area contributed by atoms with Gasteiger partial charge < -0.3 is 10.1 Å². The van der Waals surface area contributed by atoms with Gasteiger partial charge in [-0.15, -0.1) is 0 Å². The molecule has 3 heteroatoms. The summed E-state index contributed by atoms with van der Waals surface area (Å²) in [6.45, 7) is 5.76. The Morgan fingerprint density at radius 1 is 1.44 bits per heavy atom. The average Bonchev–Trinajstić information content (AvgIpc) is 2.17. The Labute approximate surface area is 96.8 Å². The van der Waals surface area contributed by atoms with Gasteiger partial charge in [0.05, 0.1) is 6.10 Å². The van der Waals surface area contributed by atoms with Gasteiger partial charge in [0.15, 0.2) is 0 Å². The maximum atomic E-state index is 14.2. The normalized spacial score (nSPS) is 14.9. The van der Waals surface area contributed by atoms with Crippen molar-refractivity contribution < 1.29 is 9.13 Å². The Morgan fingerprint density at radius 3 is 2.69 bits per heavy atom. The maximum absolute atomic E-state index is 14.2. The molecule has 1 aromatic rings. The molecule has 16 heavy (non-hydrogen) atoms. The molecule has 0 saturated heterocycles. The fourth-order valence-corrected chi connectivity index (χ4v) is 1.60. The van der Waals surface area contributed by atoms with Crippen LogP contribution in [0, 0.1) is 0 Å². The summed E-state index contributed by atoms with van der Waals surface area (Å²) in [5.74, 6) is 0.715. The Hall–Kier alpha value is -1.09. The van der Waals surface area contributed by atoms with Crippen LogP contribution in [0.5, 0.6) is 5.75 Å². The summed E-state index contributed by atoms with van der Waals surface area (Å²) >= 11 is 0. The number of likely N-dealkylation sites (N-methyl/N-ethyl adjacent to an activating group) is 1. The van der Waals surface area contributed by atoms with Gasteiger partial charge in [-0.1, -0.05) is 12.1 Å². The third-order valence-electron chi connectivity index (χ3n) is 2.32. The van der Waals surface area contributed by atoms with Crippen LogP contribution in [-0.2, 0) is 5.67 Å². The van der Waals surface area contributed by atoms with Gasteiger partial charge in [-0.05, 0) is 45.5 Å². The average molecular weight is 225 g/mol. The zero-order valence-corrected chi connectivity index (χ0v) is 10.4. The van der Waals surface area contributed by atoms with Crippen molar-refractivity contribution in [2.75, 3.05) is 13.6 Å². The van der Waals surface area contributed by atoms with E-state index in [-0.39, 0.29) is 12.6 Å². The first kappa shape index (κ1) is 13.0.